The number of hydrogen-bond donors (Lipinski definition) is 1. The van der Waals surface area contributed by atoms with Crippen molar-refractivity contribution in [1.29, 1.82) is 0 Å². The van der Waals surface area contributed by atoms with Crippen LogP contribution in [0.4, 0.5) is 5.13 Å². The second kappa shape index (κ2) is 9.36. The number of anilines is 1. The molecule has 5 nitrogen and oxygen atoms in total. The minimum absolute atomic E-state index is 0.360. The van der Waals surface area contributed by atoms with Crippen molar-refractivity contribution in [1.82, 2.24) is 4.98 Å². The molecule has 4 rings (SSSR count). The predicted octanol–water partition coefficient (Wildman–Crippen LogP) is 6.02. The standard InChI is InChI=1S/C25H21N3O2S/c1-17-8-12-19(13-9-17)22-23(20-6-4-3-5-7-20)31-25(27-22)28-26-16-18-10-14-21(15-11-18)24(29)30-2/h3-16H,1-2H3,(H,27,28)/b26-16-. The minimum Gasteiger partial charge on any atom is -0.465 e. The monoisotopic (exact) mass is 427 g/mol. The van der Waals surface area contributed by atoms with Crippen LogP contribution in [0.1, 0.15) is 21.5 Å². The van der Waals surface area contributed by atoms with Crippen molar-refractivity contribution in [2.45, 2.75) is 6.92 Å². The lowest BCUT2D eigenvalue weighted by molar-refractivity contribution is 0.0600. The molecule has 0 radical (unpaired) electrons. The summed E-state index contributed by atoms with van der Waals surface area (Å²) in [5.41, 5.74) is 8.72. The number of nitrogens with one attached hydrogen (secondary N) is 1. The van der Waals surface area contributed by atoms with E-state index in [1.807, 2.05) is 30.3 Å². The van der Waals surface area contributed by atoms with E-state index in [0.717, 1.165) is 27.3 Å². The Hall–Kier alpha value is -3.77. The summed E-state index contributed by atoms with van der Waals surface area (Å²) < 4.78 is 4.72. The Kier molecular flexibility index (Phi) is 6.19. The van der Waals surface area contributed by atoms with E-state index in [4.69, 9.17) is 9.72 Å². The van der Waals surface area contributed by atoms with Gasteiger partial charge in [0.1, 0.15) is 0 Å². The molecular weight excluding hydrogens is 406 g/mol. The van der Waals surface area contributed by atoms with Gasteiger partial charge >= 0.3 is 5.97 Å². The largest absolute Gasteiger partial charge is 0.465 e. The number of thiazole rings is 1. The SMILES string of the molecule is COC(=O)c1ccc(/C=N\Nc2nc(-c3ccc(C)cc3)c(-c3ccccc3)s2)cc1. The average molecular weight is 428 g/mol. The van der Waals surface area contributed by atoms with E-state index in [-0.39, 0.29) is 5.97 Å². The third-order valence-corrected chi connectivity index (χ3v) is 5.70. The second-order valence-corrected chi connectivity index (χ2v) is 7.91. The number of benzene rings is 3. The van der Waals surface area contributed by atoms with Gasteiger partial charge in [-0.15, -0.1) is 0 Å². The van der Waals surface area contributed by atoms with Crippen LogP contribution in [0.3, 0.4) is 0 Å². The Labute approximate surface area is 185 Å². The number of nitrogens with zero attached hydrogens (tertiary/aromatic N) is 2. The van der Waals surface area contributed by atoms with Crippen LogP contribution >= 0.6 is 11.3 Å². The molecule has 0 aliphatic heterocycles. The maximum absolute atomic E-state index is 11.5. The van der Waals surface area contributed by atoms with Crippen molar-refractivity contribution in [3.63, 3.8) is 0 Å². The number of aromatic nitrogens is 1. The zero-order chi connectivity index (χ0) is 21.6. The molecule has 1 aromatic heterocycles. The average Bonchev–Trinajstić information content (AvgIpc) is 3.24. The normalized spacial score (nSPS) is 10.9. The van der Waals surface area contributed by atoms with E-state index in [0.29, 0.717) is 10.7 Å². The van der Waals surface area contributed by atoms with Gasteiger partial charge < -0.3 is 4.74 Å². The first-order chi connectivity index (χ1) is 15.1. The molecule has 0 saturated carbocycles. The van der Waals surface area contributed by atoms with Crippen molar-refractivity contribution in [2.24, 2.45) is 5.10 Å². The second-order valence-electron chi connectivity index (χ2n) is 6.91. The number of esters is 1. The van der Waals surface area contributed by atoms with E-state index in [1.54, 1.807) is 29.7 Å². The molecule has 1 heterocycles. The summed E-state index contributed by atoms with van der Waals surface area (Å²) in [7, 11) is 1.37. The van der Waals surface area contributed by atoms with Crippen molar-refractivity contribution < 1.29 is 9.53 Å². The molecular formula is C25H21N3O2S. The highest BCUT2D eigenvalue weighted by molar-refractivity contribution is 7.19. The fourth-order valence-corrected chi connectivity index (χ4v) is 3.99. The van der Waals surface area contributed by atoms with Gasteiger partial charge in [0.05, 0.1) is 29.5 Å². The molecule has 0 atom stereocenters. The minimum atomic E-state index is -0.360. The van der Waals surface area contributed by atoms with Crippen LogP contribution in [0.5, 0.6) is 0 Å². The van der Waals surface area contributed by atoms with Crippen molar-refractivity contribution in [2.75, 3.05) is 12.5 Å². The molecule has 0 aliphatic carbocycles. The van der Waals surface area contributed by atoms with Gasteiger partial charge in [0.15, 0.2) is 0 Å². The first-order valence-electron chi connectivity index (χ1n) is 9.75. The van der Waals surface area contributed by atoms with Gasteiger partial charge in [0, 0.05) is 5.56 Å². The first-order valence-corrected chi connectivity index (χ1v) is 10.6. The zero-order valence-corrected chi connectivity index (χ0v) is 18.0. The van der Waals surface area contributed by atoms with Crippen LogP contribution in [0, 0.1) is 6.92 Å². The molecule has 0 spiro atoms. The number of carbonyl (C=O) groups excluding carboxylic acids is 1. The molecule has 4 aromatic rings. The third kappa shape index (κ3) is 4.87. The van der Waals surface area contributed by atoms with Gasteiger partial charge in [-0.1, -0.05) is 83.6 Å². The number of hydrazone groups is 1. The van der Waals surface area contributed by atoms with Gasteiger partial charge in [-0.05, 0) is 30.2 Å². The van der Waals surface area contributed by atoms with Gasteiger partial charge in [0.25, 0.3) is 0 Å². The van der Waals surface area contributed by atoms with E-state index < -0.39 is 0 Å². The van der Waals surface area contributed by atoms with Crippen molar-refractivity contribution >= 4 is 28.7 Å². The summed E-state index contributed by atoms with van der Waals surface area (Å²) >= 11 is 1.56. The molecule has 1 N–H and O–H groups in total. The molecule has 0 fully saturated rings. The van der Waals surface area contributed by atoms with Crippen LogP contribution in [0.2, 0.25) is 0 Å². The Morgan fingerprint density at radius 3 is 2.35 bits per heavy atom. The van der Waals surface area contributed by atoms with Crippen LogP contribution < -0.4 is 5.43 Å². The number of methoxy groups -OCH3 is 1. The highest BCUT2D eigenvalue weighted by atomic mass is 32.1. The van der Waals surface area contributed by atoms with Gasteiger partial charge in [-0.25, -0.2) is 9.78 Å². The molecule has 6 heteroatoms. The van der Waals surface area contributed by atoms with E-state index >= 15 is 0 Å². The Morgan fingerprint density at radius 1 is 0.968 bits per heavy atom. The fourth-order valence-electron chi connectivity index (χ4n) is 3.05. The van der Waals surface area contributed by atoms with E-state index in [9.17, 15) is 4.79 Å². The van der Waals surface area contributed by atoms with Gasteiger partial charge in [-0.3, -0.25) is 5.43 Å². The summed E-state index contributed by atoms with van der Waals surface area (Å²) in [4.78, 5) is 17.4. The summed E-state index contributed by atoms with van der Waals surface area (Å²) in [6.07, 6.45) is 1.69. The number of hydrogen-bond acceptors (Lipinski definition) is 6. The van der Waals surface area contributed by atoms with Crippen LogP contribution in [-0.2, 0) is 4.74 Å². The molecule has 0 saturated heterocycles. The smallest absolute Gasteiger partial charge is 0.337 e. The zero-order valence-electron chi connectivity index (χ0n) is 17.2. The fraction of sp³-hybridized carbons (Fsp3) is 0.0800. The maximum atomic E-state index is 11.5. The summed E-state index contributed by atoms with van der Waals surface area (Å²) in [6.45, 7) is 2.07. The van der Waals surface area contributed by atoms with E-state index in [1.165, 1.54) is 12.7 Å². The molecule has 31 heavy (non-hydrogen) atoms. The number of aryl methyl sites for hydroxylation is 1. The lowest BCUT2D eigenvalue weighted by atomic mass is 10.1. The molecule has 0 unspecified atom stereocenters. The molecule has 3 aromatic carbocycles. The van der Waals surface area contributed by atoms with Crippen LogP contribution in [0.15, 0.2) is 84.0 Å². The quantitative estimate of drug-likeness (QED) is 0.232. The lowest BCUT2D eigenvalue weighted by Gasteiger charge is -2.03. The Balaban J connectivity index is 1.58. The Bertz CT molecular complexity index is 1200. The predicted molar refractivity (Wildman–Crippen MR) is 127 cm³/mol. The number of carbonyl (C=O) groups is 1. The topological polar surface area (TPSA) is 63.6 Å². The summed E-state index contributed by atoms with van der Waals surface area (Å²) in [6, 6.07) is 25.6. The molecule has 154 valence electrons. The van der Waals surface area contributed by atoms with Gasteiger partial charge in [0.2, 0.25) is 5.13 Å². The first kappa shape index (κ1) is 20.5. The highest BCUT2D eigenvalue weighted by Crippen LogP contribution is 2.39. The number of ether oxygens (including phenoxy) is 1. The Morgan fingerprint density at radius 2 is 1.68 bits per heavy atom. The van der Waals surface area contributed by atoms with Crippen molar-refractivity contribution in [3.8, 4) is 21.7 Å². The summed E-state index contributed by atoms with van der Waals surface area (Å²) in [5, 5.41) is 5.02. The van der Waals surface area contributed by atoms with E-state index in [2.05, 4.69) is 53.8 Å². The molecule has 0 aliphatic rings. The number of rotatable bonds is 6. The van der Waals surface area contributed by atoms with Crippen molar-refractivity contribution in [3.05, 3.63) is 95.6 Å². The highest BCUT2D eigenvalue weighted by Gasteiger charge is 2.14. The lowest BCUT2D eigenvalue weighted by Crippen LogP contribution is -2.00. The van der Waals surface area contributed by atoms with Crippen LogP contribution in [-0.4, -0.2) is 24.3 Å². The molecule has 0 bridgehead atoms. The maximum Gasteiger partial charge on any atom is 0.337 e. The third-order valence-electron chi connectivity index (χ3n) is 4.69. The molecule has 0 amide bonds. The van der Waals surface area contributed by atoms with Crippen LogP contribution in [0.25, 0.3) is 21.7 Å². The van der Waals surface area contributed by atoms with Gasteiger partial charge in [-0.2, -0.15) is 5.10 Å². The summed E-state index contributed by atoms with van der Waals surface area (Å²) in [5.74, 6) is -0.360.